The van der Waals surface area contributed by atoms with Gasteiger partial charge in [-0.2, -0.15) is 0 Å². The molecule has 2 rings (SSSR count). The van der Waals surface area contributed by atoms with Crippen LogP contribution < -0.4 is 10.6 Å². The number of nitrogens with one attached hydrogen (secondary N) is 2. The molecule has 1 aliphatic rings. The van der Waals surface area contributed by atoms with E-state index in [0.29, 0.717) is 12.5 Å². The highest BCUT2D eigenvalue weighted by Gasteiger charge is 2.12. The molecule has 26 heavy (non-hydrogen) atoms. The number of guanidine groups is 1. The summed E-state index contributed by atoms with van der Waals surface area (Å²) in [5.74, 6) is 0.673. The van der Waals surface area contributed by atoms with Crippen LogP contribution in [0.2, 0.25) is 0 Å². The van der Waals surface area contributed by atoms with Gasteiger partial charge >= 0.3 is 0 Å². The Hall–Kier alpha value is -2.12. The highest BCUT2D eigenvalue weighted by atomic mass is 16.5. The predicted molar refractivity (Wildman–Crippen MR) is 104 cm³/mol. The van der Waals surface area contributed by atoms with E-state index in [9.17, 15) is 4.79 Å². The number of likely N-dealkylation sites (N-methyl/N-ethyl adjacent to an activating group) is 1. The lowest BCUT2D eigenvalue weighted by atomic mass is 10.1. The SMILES string of the molecule is CCNC(=NCc1ccccc1CN1CCOCC1)NCC(=O)N(C)C. The minimum Gasteiger partial charge on any atom is -0.379 e. The second kappa shape index (κ2) is 10.8. The summed E-state index contributed by atoms with van der Waals surface area (Å²) in [7, 11) is 3.49. The Kier molecular flexibility index (Phi) is 8.37. The Balaban J connectivity index is 2.00. The molecule has 0 atom stereocenters. The number of aliphatic imine (C=N–C) groups is 1. The molecule has 1 aromatic carbocycles. The fourth-order valence-corrected chi connectivity index (χ4v) is 2.69. The van der Waals surface area contributed by atoms with Crippen molar-refractivity contribution in [1.82, 2.24) is 20.4 Å². The Morgan fingerprint density at radius 2 is 1.88 bits per heavy atom. The number of hydrogen-bond donors (Lipinski definition) is 2. The summed E-state index contributed by atoms with van der Waals surface area (Å²) in [5, 5.41) is 6.28. The maximum Gasteiger partial charge on any atom is 0.241 e. The second-order valence-corrected chi connectivity index (χ2v) is 6.49. The molecule has 0 aromatic heterocycles. The summed E-state index contributed by atoms with van der Waals surface area (Å²) in [5.41, 5.74) is 2.49. The van der Waals surface area contributed by atoms with E-state index in [1.807, 2.05) is 13.0 Å². The summed E-state index contributed by atoms with van der Waals surface area (Å²) in [4.78, 5) is 20.4. The minimum absolute atomic E-state index is 0.0170. The van der Waals surface area contributed by atoms with Crippen LogP contribution >= 0.6 is 0 Å². The molecule has 1 aliphatic heterocycles. The number of morpholine rings is 1. The molecule has 1 saturated heterocycles. The number of nitrogens with zero attached hydrogens (tertiary/aromatic N) is 3. The molecule has 0 saturated carbocycles. The van der Waals surface area contributed by atoms with Gasteiger partial charge in [0.1, 0.15) is 0 Å². The number of hydrogen-bond acceptors (Lipinski definition) is 4. The molecule has 7 heteroatoms. The van der Waals surface area contributed by atoms with Gasteiger partial charge < -0.3 is 20.3 Å². The van der Waals surface area contributed by atoms with Crippen LogP contribution in [-0.2, 0) is 22.6 Å². The van der Waals surface area contributed by atoms with Crippen molar-refractivity contribution in [2.24, 2.45) is 4.99 Å². The van der Waals surface area contributed by atoms with Crippen LogP contribution in [0.25, 0.3) is 0 Å². The summed E-state index contributed by atoms with van der Waals surface area (Å²) < 4.78 is 5.43. The van der Waals surface area contributed by atoms with Gasteiger partial charge in [-0.05, 0) is 18.1 Å². The monoisotopic (exact) mass is 361 g/mol. The first-order valence-electron chi connectivity index (χ1n) is 9.19. The average molecular weight is 361 g/mol. The Bertz CT molecular complexity index is 597. The standard InChI is InChI=1S/C19H31N5O2/c1-4-20-19(22-14-18(25)23(2)3)21-13-16-7-5-6-8-17(16)15-24-9-11-26-12-10-24/h5-8H,4,9-15H2,1-3H3,(H2,20,21,22). The van der Waals surface area contributed by atoms with E-state index in [1.165, 1.54) is 11.1 Å². The van der Waals surface area contributed by atoms with Crippen molar-refractivity contribution in [1.29, 1.82) is 0 Å². The molecule has 0 aliphatic carbocycles. The van der Waals surface area contributed by atoms with E-state index in [-0.39, 0.29) is 12.5 Å². The van der Waals surface area contributed by atoms with Crippen LogP contribution in [0.15, 0.2) is 29.3 Å². The maximum absolute atomic E-state index is 11.8. The van der Waals surface area contributed by atoms with Crippen LogP contribution in [0.4, 0.5) is 0 Å². The zero-order valence-corrected chi connectivity index (χ0v) is 16.1. The first-order valence-corrected chi connectivity index (χ1v) is 9.19. The molecular formula is C19H31N5O2. The van der Waals surface area contributed by atoms with Gasteiger partial charge in [-0.1, -0.05) is 24.3 Å². The molecular weight excluding hydrogens is 330 g/mol. The molecule has 1 fully saturated rings. The van der Waals surface area contributed by atoms with Crippen molar-refractivity contribution in [3.8, 4) is 0 Å². The van der Waals surface area contributed by atoms with Crippen LogP contribution in [0.5, 0.6) is 0 Å². The van der Waals surface area contributed by atoms with Crippen molar-refractivity contribution in [2.75, 3.05) is 53.5 Å². The van der Waals surface area contributed by atoms with Crippen molar-refractivity contribution in [2.45, 2.75) is 20.0 Å². The summed E-state index contributed by atoms with van der Waals surface area (Å²) in [6.45, 7) is 8.01. The van der Waals surface area contributed by atoms with E-state index in [2.05, 4.69) is 38.7 Å². The molecule has 0 unspecified atom stereocenters. The van der Waals surface area contributed by atoms with Crippen molar-refractivity contribution in [3.05, 3.63) is 35.4 Å². The highest BCUT2D eigenvalue weighted by Crippen LogP contribution is 2.14. The van der Waals surface area contributed by atoms with E-state index in [4.69, 9.17) is 4.74 Å². The number of carbonyl (C=O) groups is 1. The van der Waals surface area contributed by atoms with Gasteiger partial charge in [0.25, 0.3) is 0 Å². The Morgan fingerprint density at radius 3 is 2.54 bits per heavy atom. The fraction of sp³-hybridized carbons (Fsp3) is 0.579. The highest BCUT2D eigenvalue weighted by molar-refractivity contribution is 5.86. The Labute approximate surface area is 156 Å². The summed E-state index contributed by atoms with van der Waals surface area (Å²) in [6, 6.07) is 8.40. The molecule has 1 aromatic rings. The molecule has 1 amide bonds. The zero-order chi connectivity index (χ0) is 18.8. The van der Waals surface area contributed by atoms with Gasteiger partial charge in [0, 0.05) is 40.3 Å². The van der Waals surface area contributed by atoms with Crippen LogP contribution in [0, 0.1) is 0 Å². The smallest absolute Gasteiger partial charge is 0.241 e. The first-order chi connectivity index (χ1) is 12.6. The topological polar surface area (TPSA) is 69.2 Å². The summed E-state index contributed by atoms with van der Waals surface area (Å²) >= 11 is 0. The van der Waals surface area contributed by atoms with Gasteiger partial charge in [0.15, 0.2) is 5.96 Å². The molecule has 0 radical (unpaired) electrons. The molecule has 144 valence electrons. The maximum atomic E-state index is 11.8. The quantitative estimate of drug-likeness (QED) is 0.552. The first kappa shape index (κ1) is 20.2. The number of ether oxygens (including phenoxy) is 1. The van der Waals surface area contributed by atoms with E-state index < -0.39 is 0 Å². The lowest BCUT2D eigenvalue weighted by molar-refractivity contribution is -0.127. The second-order valence-electron chi connectivity index (χ2n) is 6.49. The molecule has 1 heterocycles. The van der Waals surface area contributed by atoms with Crippen LogP contribution in [0.1, 0.15) is 18.1 Å². The van der Waals surface area contributed by atoms with Crippen molar-refractivity contribution < 1.29 is 9.53 Å². The number of rotatable bonds is 7. The van der Waals surface area contributed by atoms with Gasteiger partial charge in [0.2, 0.25) is 5.91 Å². The third-order valence-corrected chi connectivity index (χ3v) is 4.27. The molecule has 7 nitrogen and oxygen atoms in total. The van der Waals surface area contributed by atoms with Crippen LogP contribution in [0.3, 0.4) is 0 Å². The third-order valence-electron chi connectivity index (χ3n) is 4.27. The van der Waals surface area contributed by atoms with Gasteiger partial charge in [-0.25, -0.2) is 4.99 Å². The number of benzene rings is 1. The van der Waals surface area contributed by atoms with E-state index >= 15 is 0 Å². The molecule has 0 spiro atoms. The number of amides is 1. The zero-order valence-electron chi connectivity index (χ0n) is 16.1. The van der Waals surface area contributed by atoms with Crippen molar-refractivity contribution in [3.63, 3.8) is 0 Å². The van der Waals surface area contributed by atoms with Gasteiger partial charge in [-0.3, -0.25) is 9.69 Å². The Morgan fingerprint density at radius 1 is 1.19 bits per heavy atom. The van der Waals surface area contributed by atoms with Gasteiger partial charge in [0.05, 0.1) is 26.3 Å². The summed E-state index contributed by atoms with van der Waals surface area (Å²) in [6.07, 6.45) is 0. The van der Waals surface area contributed by atoms with Crippen LogP contribution in [-0.4, -0.2) is 75.2 Å². The lowest BCUT2D eigenvalue weighted by Crippen LogP contribution is -2.42. The minimum atomic E-state index is 0.0170. The average Bonchev–Trinajstić information content (AvgIpc) is 2.65. The normalized spacial score (nSPS) is 15.6. The fourth-order valence-electron chi connectivity index (χ4n) is 2.69. The molecule has 2 N–H and O–H groups in total. The largest absolute Gasteiger partial charge is 0.379 e. The van der Waals surface area contributed by atoms with E-state index in [0.717, 1.165) is 39.4 Å². The number of carbonyl (C=O) groups excluding carboxylic acids is 1. The third kappa shape index (κ3) is 6.65. The predicted octanol–water partition coefficient (Wildman–Crippen LogP) is 0.662. The van der Waals surface area contributed by atoms with Crippen molar-refractivity contribution >= 4 is 11.9 Å². The van der Waals surface area contributed by atoms with Gasteiger partial charge in [-0.15, -0.1) is 0 Å². The lowest BCUT2D eigenvalue weighted by Gasteiger charge is -2.27. The van der Waals surface area contributed by atoms with E-state index in [1.54, 1.807) is 19.0 Å². The molecule has 0 bridgehead atoms.